The molecule has 0 aliphatic carbocycles. The van der Waals surface area contributed by atoms with Crippen molar-refractivity contribution in [3.63, 3.8) is 0 Å². The first-order valence-electron chi connectivity index (χ1n) is 6.53. The first kappa shape index (κ1) is 13.7. The summed E-state index contributed by atoms with van der Waals surface area (Å²) in [6.45, 7) is 2.64. The molecule has 0 unspecified atom stereocenters. The first-order chi connectivity index (χ1) is 9.63. The molecule has 0 saturated heterocycles. The largest absolute Gasteiger partial charge is 0.398 e. The number of benzene rings is 1. The van der Waals surface area contributed by atoms with E-state index in [1.807, 2.05) is 18.2 Å². The van der Waals surface area contributed by atoms with Crippen molar-refractivity contribution < 1.29 is 0 Å². The summed E-state index contributed by atoms with van der Waals surface area (Å²) >= 11 is 12.0. The van der Waals surface area contributed by atoms with E-state index >= 15 is 0 Å². The monoisotopic (exact) mass is 307 g/mol. The maximum absolute atomic E-state index is 6.13. The summed E-state index contributed by atoms with van der Waals surface area (Å²) in [5, 5.41) is 0.909. The Bertz CT molecular complexity index is 643. The highest BCUT2D eigenvalue weighted by Crippen LogP contribution is 2.26. The molecule has 0 spiro atoms. The quantitative estimate of drug-likeness (QED) is 0.682. The van der Waals surface area contributed by atoms with Gasteiger partial charge in [-0.1, -0.05) is 41.4 Å². The van der Waals surface area contributed by atoms with Gasteiger partial charge in [-0.05, 0) is 29.7 Å². The van der Waals surface area contributed by atoms with E-state index in [0.29, 0.717) is 10.3 Å². The van der Waals surface area contributed by atoms with Crippen molar-refractivity contribution in [1.29, 1.82) is 0 Å². The van der Waals surface area contributed by atoms with E-state index in [-0.39, 0.29) is 0 Å². The summed E-state index contributed by atoms with van der Waals surface area (Å²) in [6, 6.07) is 9.83. The second-order valence-electron chi connectivity index (χ2n) is 5.03. The summed E-state index contributed by atoms with van der Waals surface area (Å²) in [7, 11) is 0. The molecule has 1 aromatic carbocycles. The minimum atomic E-state index is 0.426. The van der Waals surface area contributed by atoms with Crippen molar-refractivity contribution in [3.8, 4) is 0 Å². The Hall–Kier alpha value is -1.29. The van der Waals surface area contributed by atoms with Crippen LogP contribution in [0.4, 0.5) is 5.69 Å². The fourth-order valence-electron chi connectivity index (χ4n) is 2.63. The molecule has 20 heavy (non-hydrogen) atoms. The average Bonchev–Trinajstić information content (AvgIpc) is 2.42. The smallest absolute Gasteiger partial charge is 0.135 e. The molecule has 2 N–H and O–H groups in total. The fourth-order valence-corrected chi connectivity index (χ4v) is 3.04. The van der Waals surface area contributed by atoms with E-state index in [1.165, 1.54) is 11.1 Å². The van der Waals surface area contributed by atoms with Crippen LogP contribution in [0.2, 0.25) is 10.3 Å². The number of rotatable bonds is 2. The highest BCUT2D eigenvalue weighted by molar-refractivity contribution is 6.32. The van der Waals surface area contributed by atoms with Crippen molar-refractivity contribution in [2.45, 2.75) is 19.5 Å². The third-order valence-electron chi connectivity index (χ3n) is 3.67. The molecular formula is C15H15Cl2N3. The Morgan fingerprint density at radius 1 is 1.20 bits per heavy atom. The third-order valence-corrected chi connectivity index (χ3v) is 4.20. The number of nitrogens with zero attached hydrogens (tertiary/aromatic N) is 2. The topological polar surface area (TPSA) is 42.1 Å². The van der Waals surface area contributed by atoms with Crippen LogP contribution in [-0.4, -0.2) is 16.4 Å². The summed E-state index contributed by atoms with van der Waals surface area (Å²) in [5.74, 6) is 0. The standard InChI is InChI=1S/C15H15Cl2N3/c16-14-5-4-11(15(17)19-14)9-20-7-6-12-10(8-20)2-1-3-13(12)18/h1-5H,6-9,18H2. The Morgan fingerprint density at radius 3 is 2.85 bits per heavy atom. The molecule has 0 amide bonds. The molecule has 104 valence electrons. The van der Waals surface area contributed by atoms with E-state index in [2.05, 4.69) is 16.0 Å². The van der Waals surface area contributed by atoms with Gasteiger partial charge in [0.1, 0.15) is 10.3 Å². The lowest BCUT2D eigenvalue weighted by Gasteiger charge is -2.29. The zero-order valence-corrected chi connectivity index (χ0v) is 12.5. The molecule has 5 heteroatoms. The van der Waals surface area contributed by atoms with Gasteiger partial charge in [0.15, 0.2) is 0 Å². The van der Waals surface area contributed by atoms with Crippen molar-refractivity contribution in [2.24, 2.45) is 0 Å². The first-order valence-corrected chi connectivity index (χ1v) is 7.28. The van der Waals surface area contributed by atoms with Gasteiger partial charge in [0.05, 0.1) is 0 Å². The summed E-state index contributed by atoms with van der Waals surface area (Å²) in [5.41, 5.74) is 10.5. The Balaban J connectivity index is 1.77. The lowest BCUT2D eigenvalue weighted by molar-refractivity contribution is 0.245. The van der Waals surface area contributed by atoms with Gasteiger partial charge in [-0.3, -0.25) is 4.90 Å². The van der Waals surface area contributed by atoms with Crippen molar-refractivity contribution in [3.05, 3.63) is 57.3 Å². The number of pyridine rings is 1. The van der Waals surface area contributed by atoms with Gasteiger partial charge >= 0.3 is 0 Å². The lowest BCUT2D eigenvalue weighted by atomic mass is 9.98. The van der Waals surface area contributed by atoms with Crippen LogP contribution < -0.4 is 5.73 Å². The van der Waals surface area contributed by atoms with Gasteiger partial charge in [-0.25, -0.2) is 4.98 Å². The van der Waals surface area contributed by atoms with Crippen molar-refractivity contribution in [1.82, 2.24) is 9.88 Å². The lowest BCUT2D eigenvalue weighted by Crippen LogP contribution is -2.30. The molecule has 0 bridgehead atoms. The zero-order chi connectivity index (χ0) is 14.1. The second-order valence-corrected chi connectivity index (χ2v) is 5.77. The van der Waals surface area contributed by atoms with Gasteiger partial charge in [-0.15, -0.1) is 0 Å². The van der Waals surface area contributed by atoms with Gasteiger partial charge in [-0.2, -0.15) is 0 Å². The molecule has 0 saturated carbocycles. The van der Waals surface area contributed by atoms with Gasteiger partial charge in [0.25, 0.3) is 0 Å². The van der Waals surface area contributed by atoms with E-state index in [4.69, 9.17) is 28.9 Å². The molecular weight excluding hydrogens is 293 g/mol. The third kappa shape index (κ3) is 2.75. The second kappa shape index (κ2) is 5.60. The number of nitrogens with two attached hydrogens (primary N) is 1. The van der Waals surface area contributed by atoms with Gasteiger partial charge < -0.3 is 5.73 Å². The number of nitrogen functional groups attached to an aromatic ring is 1. The molecule has 1 aromatic heterocycles. The fraction of sp³-hybridized carbons (Fsp3) is 0.267. The van der Waals surface area contributed by atoms with Crippen LogP contribution in [0.1, 0.15) is 16.7 Å². The highest BCUT2D eigenvalue weighted by atomic mass is 35.5. The maximum Gasteiger partial charge on any atom is 0.135 e. The summed E-state index contributed by atoms with van der Waals surface area (Å²) in [4.78, 5) is 6.43. The van der Waals surface area contributed by atoms with Crippen molar-refractivity contribution in [2.75, 3.05) is 12.3 Å². The molecule has 2 aromatic rings. The Kier molecular flexibility index (Phi) is 3.83. The van der Waals surface area contributed by atoms with Gasteiger partial charge in [0.2, 0.25) is 0 Å². The van der Waals surface area contributed by atoms with E-state index in [0.717, 1.165) is 37.3 Å². The van der Waals surface area contributed by atoms with Crippen LogP contribution in [0.15, 0.2) is 30.3 Å². The number of hydrogen-bond acceptors (Lipinski definition) is 3. The molecule has 1 aliphatic heterocycles. The minimum Gasteiger partial charge on any atom is -0.398 e. The molecule has 0 atom stereocenters. The van der Waals surface area contributed by atoms with Crippen LogP contribution >= 0.6 is 23.2 Å². The number of halogens is 2. The van der Waals surface area contributed by atoms with Crippen molar-refractivity contribution >= 4 is 28.9 Å². The summed E-state index contributed by atoms with van der Waals surface area (Å²) in [6.07, 6.45) is 0.973. The highest BCUT2D eigenvalue weighted by Gasteiger charge is 2.18. The van der Waals surface area contributed by atoms with E-state index in [1.54, 1.807) is 6.07 Å². The minimum absolute atomic E-state index is 0.426. The SMILES string of the molecule is Nc1cccc2c1CCN(Cc1ccc(Cl)nc1Cl)C2. The van der Waals surface area contributed by atoms with E-state index < -0.39 is 0 Å². The Labute approximate surface area is 128 Å². The van der Waals surface area contributed by atoms with Gasteiger partial charge in [0, 0.05) is 30.9 Å². The predicted molar refractivity (Wildman–Crippen MR) is 82.9 cm³/mol. The predicted octanol–water partition coefficient (Wildman–Crippen LogP) is 3.53. The van der Waals surface area contributed by atoms with Crippen LogP contribution in [0.3, 0.4) is 0 Å². The maximum atomic E-state index is 6.13. The van der Waals surface area contributed by atoms with Crippen LogP contribution in [0.5, 0.6) is 0 Å². The number of hydrogen-bond donors (Lipinski definition) is 1. The number of fused-ring (bicyclic) bond motifs is 1. The average molecular weight is 308 g/mol. The van der Waals surface area contributed by atoms with E-state index in [9.17, 15) is 0 Å². The normalized spacial score (nSPS) is 15.1. The molecule has 3 rings (SSSR count). The molecule has 0 radical (unpaired) electrons. The number of anilines is 1. The zero-order valence-electron chi connectivity index (χ0n) is 10.9. The van der Waals surface area contributed by atoms with Crippen LogP contribution in [-0.2, 0) is 19.5 Å². The number of aromatic nitrogens is 1. The molecule has 1 aliphatic rings. The molecule has 3 nitrogen and oxygen atoms in total. The van der Waals surface area contributed by atoms with Crippen LogP contribution in [0.25, 0.3) is 0 Å². The Morgan fingerprint density at radius 2 is 2.05 bits per heavy atom. The summed E-state index contributed by atoms with van der Waals surface area (Å²) < 4.78 is 0. The molecule has 2 heterocycles. The van der Waals surface area contributed by atoms with Crippen LogP contribution in [0, 0.1) is 0 Å². The molecule has 0 fully saturated rings.